The second-order valence-electron chi connectivity index (χ2n) is 5.87. The second kappa shape index (κ2) is 8.58. The van der Waals surface area contributed by atoms with Crippen LogP contribution in [0.4, 0.5) is 23.2 Å². The molecule has 2 aromatic carbocycles. The van der Waals surface area contributed by atoms with Gasteiger partial charge >= 0.3 is 6.18 Å². The van der Waals surface area contributed by atoms with Gasteiger partial charge in [-0.3, -0.25) is 4.79 Å². The van der Waals surface area contributed by atoms with Gasteiger partial charge in [0.2, 0.25) is 0 Å². The molecule has 3 rings (SSSR count). The van der Waals surface area contributed by atoms with Crippen LogP contribution in [0.3, 0.4) is 0 Å². The van der Waals surface area contributed by atoms with Crippen molar-refractivity contribution < 1.29 is 27.1 Å². The molecule has 9 heteroatoms. The Bertz CT molecular complexity index is 810. The van der Waals surface area contributed by atoms with Crippen molar-refractivity contribution in [3.63, 3.8) is 0 Å². The van der Waals surface area contributed by atoms with Crippen molar-refractivity contribution in [3.05, 3.63) is 58.9 Å². The fraction of sp³-hybridized carbons (Fsp3) is 0.278. The van der Waals surface area contributed by atoms with Crippen LogP contribution in [-0.2, 0) is 13.0 Å². The van der Waals surface area contributed by atoms with Gasteiger partial charge < -0.3 is 15.4 Å². The predicted octanol–water partition coefficient (Wildman–Crippen LogP) is 4.09. The summed E-state index contributed by atoms with van der Waals surface area (Å²) in [5.74, 6) is -1.02. The van der Waals surface area contributed by atoms with Crippen LogP contribution in [0.1, 0.15) is 21.5 Å². The lowest BCUT2D eigenvalue weighted by Crippen LogP contribution is -2.25. The molecule has 27 heavy (non-hydrogen) atoms. The largest absolute Gasteiger partial charge is 0.484 e. The van der Waals surface area contributed by atoms with E-state index in [0.29, 0.717) is 25.1 Å². The molecule has 1 amide bonds. The zero-order chi connectivity index (χ0) is 18.7. The number of hydrogen-bond donors (Lipinski definition) is 2. The van der Waals surface area contributed by atoms with Gasteiger partial charge in [-0.15, -0.1) is 12.4 Å². The minimum Gasteiger partial charge on any atom is -0.484 e. The van der Waals surface area contributed by atoms with Crippen LogP contribution in [0.15, 0.2) is 36.4 Å². The Morgan fingerprint density at radius 2 is 1.85 bits per heavy atom. The number of fused-ring (bicyclic) bond motifs is 1. The van der Waals surface area contributed by atoms with Crippen LogP contribution in [-0.4, -0.2) is 25.2 Å². The molecule has 0 radical (unpaired) electrons. The third-order valence-electron chi connectivity index (χ3n) is 3.97. The van der Waals surface area contributed by atoms with Crippen LogP contribution in [0.5, 0.6) is 5.75 Å². The lowest BCUT2D eigenvalue weighted by atomic mass is 9.99. The van der Waals surface area contributed by atoms with E-state index in [2.05, 4.69) is 15.4 Å². The SMILES string of the molecule is Cl.O=C(Nc1ccc2c(c1F)CCNC2)c1ccc(OCC(F)(F)F)cc1. The van der Waals surface area contributed by atoms with Crippen LogP contribution < -0.4 is 15.4 Å². The van der Waals surface area contributed by atoms with E-state index in [1.165, 1.54) is 30.3 Å². The standard InChI is InChI=1S/C18H16F4N2O2.ClH/c19-16-14-7-8-23-9-12(14)3-6-15(16)24-17(25)11-1-4-13(5-2-11)26-10-18(20,21)22;/h1-6,23H,7-10H2,(H,24,25);1H. The van der Waals surface area contributed by atoms with Crippen LogP contribution in [0.2, 0.25) is 0 Å². The van der Waals surface area contributed by atoms with Crippen molar-refractivity contribution in [3.8, 4) is 5.75 Å². The number of hydrogen-bond acceptors (Lipinski definition) is 3. The van der Waals surface area contributed by atoms with E-state index in [0.717, 1.165) is 5.56 Å². The molecule has 2 N–H and O–H groups in total. The fourth-order valence-corrected chi connectivity index (χ4v) is 2.69. The molecule has 2 aromatic rings. The predicted molar refractivity (Wildman–Crippen MR) is 95.0 cm³/mol. The summed E-state index contributed by atoms with van der Waals surface area (Å²) in [5, 5.41) is 5.64. The third-order valence-corrected chi connectivity index (χ3v) is 3.97. The summed E-state index contributed by atoms with van der Waals surface area (Å²) in [4.78, 5) is 12.3. The number of ether oxygens (including phenoxy) is 1. The Morgan fingerprint density at radius 1 is 1.15 bits per heavy atom. The van der Waals surface area contributed by atoms with Crippen LogP contribution >= 0.6 is 12.4 Å². The monoisotopic (exact) mass is 404 g/mol. The molecule has 0 spiro atoms. The summed E-state index contributed by atoms with van der Waals surface area (Å²) in [6, 6.07) is 8.42. The van der Waals surface area contributed by atoms with Gasteiger partial charge in [-0.25, -0.2) is 4.39 Å². The van der Waals surface area contributed by atoms with Crippen LogP contribution in [0.25, 0.3) is 0 Å². The molecule has 0 saturated heterocycles. The Kier molecular flexibility index (Phi) is 6.67. The highest BCUT2D eigenvalue weighted by atomic mass is 35.5. The van der Waals surface area contributed by atoms with E-state index in [4.69, 9.17) is 0 Å². The van der Waals surface area contributed by atoms with E-state index in [1.54, 1.807) is 6.07 Å². The van der Waals surface area contributed by atoms with Crippen LogP contribution in [0, 0.1) is 5.82 Å². The highest BCUT2D eigenvalue weighted by Gasteiger charge is 2.28. The van der Waals surface area contributed by atoms with Gasteiger partial charge in [-0.2, -0.15) is 13.2 Å². The van der Waals surface area contributed by atoms with Crippen molar-refractivity contribution in [2.75, 3.05) is 18.5 Å². The zero-order valence-corrected chi connectivity index (χ0v) is 14.8. The van der Waals surface area contributed by atoms with Gasteiger partial charge in [0.1, 0.15) is 11.6 Å². The van der Waals surface area contributed by atoms with Gasteiger partial charge in [0.15, 0.2) is 6.61 Å². The molecule has 0 saturated carbocycles. The Hall–Kier alpha value is -2.32. The Labute approximate surface area is 159 Å². The number of halogens is 5. The minimum atomic E-state index is -4.43. The van der Waals surface area contributed by atoms with Crippen molar-refractivity contribution in [1.82, 2.24) is 5.32 Å². The molecule has 1 heterocycles. The average Bonchev–Trinajstić information content (AvgIpc) is 2.62. The molecule has 0 fully saturated rings. The first kappa shape index (κ1) is 21.0. The maximum Gasteiger partial charge on any atom is 0.422 e. The summed E-state index contributed by atoms with van der Waals surface area (Å²) in [5.41, 5.74) is 1.70. The number of nitrogens with one attached hydrogen (secondary N) is 2. The molecule has 0 unspecified atom stereocenters. The normalized spacial score (nSPS) is 13.3. The summed E-state index contributed by atoms with van der Waals surface area (Å²) in [6.07, 6.45) is -3.90. The quantitative estimate of drug-likeness (QED) is 0.755. The van der Waals surface area contributed by atoms with Gasteiger partial charge in [0, 0.05) is 12.1 Å². The zero-order valence-electron chi connectivity index (χ0n) is 14.0. The van der Waals surface area contributed by atoms with Gasteiger partial charge in [-0.05, 0) is 54.4 Å². The first-order valence-electron chi connectivity index (χ1n) is 7.95. The Balaban J connectivity index is 0.00000261. The molecule has 146 valence electrons. The molecule has 1 aliphatic heterocycles. The maximum absolute atomic E-state index is 14.5. The highest BCUT2D eigenvalue weighted by Crippen LogP contribution is 2.25. The third kappa shape index (κ3) is 5.33. The number of benzene rings is 2. The van der Waals surface area contributed by atoms with E-state index in [1.807, 2.05) is 0 Å². The highest BCUT2D eigenvalue weighted by molar-refractivity contribution is 6.04. The minimum absolute atomic E-state index is 0. The molecular weight excluding hydrogens is 388 g/mol. The van der Waals surface area contributed by atoms with Crippen molar-refractivity contribution in [1.29, 1.82) is 0 Å². The second-order valence-corrected chi connectivity index (χ2v) is 5.87. The lowest BCUT2D eigenvalue weighted by molar-refractivity contribution is -0.153. The summed E-state index contributed by atoms with van der Waals surface area (Å²) in [6.45, 7) is -0.158. The van der Waals surface area contributed by atoms with E-state index >= 15 is 0 Å². The number of alkyl halides is 3. The number of anilines is 1. The Morgan fingerprint density at radius 3 is 2.52 bits per heavy atom. The van der Waals surface area contributed by atoms with E-state index in [-0.39, 0.29) is 29.4 Å². The first-order valence-corrected chi connectivity index (χ1v) is 7.95. The first-order chi connectivity index (χ1) is 12.3. The maximum atomic E-state index is 14.5. The molecular formula is C18H17ClF4N2O2. The van der Waals surface area contributed by atoms with E-state index in [9.17, 15) is 22.4 Å². The molecule has 0 aliphatic carbocycles. The lowest BCUT2D eigenvalue weighted by Gasteiger charge is -2.19. The van der Waals surface area contributed by atoms with Gasteiger partial charge in [-0.1, -0.05) is 6.07 Å². The van der Waals surface area contributed by atoms with Crippen molar-refractivity contribution in [2.24, 2.45) is 0 Å². The fourth-order valence-electron chi connectivity index (χ4n) is 2.69. The number of rotatable bonds is 4. The summed E-state index contributed by atoms with van der Waals surface area (Å²) in [7, 11) is 0. The topological polar surface area (TPSA) is 50.4 Å². The summed E-state index contributed by atoms with van der Waals surface area (Å²) >= 11 is 0. The van der Waals surface area contributed by atoms with Crippen molar-refractivity contribution >= 4 is 24.0 Å². The molecule has 0 aromatic heterocycles. The molecule has 1 aliphatic rings. The van der Waals surface area contributed by atoms with Crippen molar-refractivity contribution in [2.45, 2.75) is 19.1 Å². The average molecular weight is 405 g/mol. The van der Waals surface area contributed by atoms with Gasteiger partial charge in [0.25, 0.3) is 5.91 Å². The smallest absolute Gasteiger partial charge is 0.422 e. The number of carbonyl (C=O) groups excluding carboxylic acids is 1. The van der Waals surface area contributed by atoms with Gasteiger partial charge in [0.05, 0.1) is 5.69 Å². The van der Waals surface area contributed by atoms with E-state index < -0.39 is 24.5 Å². The number of amides is 1. The summed E-state index contributed by atoms with van der Waals surface area (Å²) < 4.78 is 55.5. The molecule has 0 atom stereocenters. The molecule has 4 nitrogen and oxygen atoms in total. The number of carbonyl (C=O) groups is 1. The molecule has 0 bridgehead atoms.